The van der Waals surface area contributed by atoms with Crippen molar-refractivity contribution < 1.29 is 28.6 Å². The van der Waals surface area contributed by atoms with Crippen LogP contribution in [0.25, 0.3) is 0 Å². The van der Waals surface area contributed by atoms with Crippen LogP contribution in [0.2, 0.25) is 0 Å². The van der Waals surface area contributed by atoms with E-state index in [-0.39, 0.29) is 37.7 Å². The minimum atomic E-state index is -0.745. The van der Waals surface area contributed by atoms with Crippen molar-refractivity contribution in [1.29, 1.82) is 0 Å². The Labute approximate surface area is 603 Å². The zero-order valence-electron chi connectivity index (χ0n) is 66.4. The van der Waals surface area contributed by atoms with Gasteiger partial charge in [0.15, 0.2) is 0 Å². The highest BCUT2D eigenvalue weighted by Gasteiger charge is 2.34. The highest BCUT2D eigenvalue weighted by Crippen LogP contribution is 2.27. The van der Waals surface area contributed by atoms with Crippen molar-refractivity contribution in [2.24, 2.45) is 5.41 Å². The monoisotopic (exact) mass is 1350 g/mol. The molecular weight excluding hydrogens is 1180 g/mol. The molecule has 0 aliphatic heterocycles. The van der Waals surface area contributed by atoms with Crippen LogP contribution in [0, 0.1) is 5.41 Å². The molecule has 6 heteroatoms. The van der Waals surface area contributed by atoms with Gasteiger partial charge in [-0.05, 0) is 25.7 Å². The van der Waals surface area contributed by atoms with E-state index in [1.54, 1.807) is 0 Å². The lowest BCUT2D eigenvalue weighted by molar-refractivity contribution is -0.162. The van der Waals surface area contributed by atoms with E-state index < -0.39 is 5.41 Å². The Hall–Kier alpha value is -1.59. The number of esters is 3. The third-order valence-electron chi connectivity index (χ3n) is 21.8. The molecule has 0 aromatic heterocycles. The number of hydrogen-bond donors (Lipinski definition) is 0. The zero-order valence-corrected chi connectivity index (χ0v) is 66.4. The Balaban J connectivity index is 4.41. The lowest BCUT2D eigenvalue weighted by Crippen LogP contribution is -2.39. The van der Waals surface area contributed by atoms with Gasteiger partial charge in [-0.1, -0.05) is 490 Å². The van der Waals surface area contributed by atoms with Crippen LogP contribution >= 0.6 is 0 Å². The van der Waals surface area contributed by atoms with Gasteiger partial charge < -0.3 is 14.2 Å². The highest BCUT2D eigenvalue weighted by molar-refractivity contribution is 5.70. The molecule has 0 atom stereocenters. The second-order valence-electron chi connectivity index (χ2n) is 31.5. The van der Waals surface area contributed by atoms with E-state index in [1.807, 2.05) is 6.92 Å². The molecule has 0 aromatic rings. The molecule has 0 saturated carbocycles. The standard InChI is InChI=1S/C90H176O6/c1-5-9-12-15-18-21-24-27-30-33-36-39-42-45-48-51-54-57-60-63-66-69-72-75-78-81-87(91)94-84-90(8-4,85-95-88(92)82-79-76-73-70-67-64-61-58-55-52-49-46-43-40-37-34-31-28-25-22-19-16-13-10-6-2)86-96-89(93)83-80-77-74-71-68-65-62-59-56-53-50-47-44-41-38-35-32-29-26-23-20-17-14-11-7-3/h5-86H2,1-4H3. The lowest BCUT2D eigenvalue weighted by Gasteiger charge is -2.31. The van der Waals surface area contributed by atoms with Crippen molar-refractivity contribution in [3.8, 4) is 0 Å². The third-order valence-corrected chi connectivity index (χ3v) is 21.8. The van der Waals surface area contributed by atoms with Crippen molar-refractivity contribution >= 4 is 17.9 Å². The zero-order chi connectivity index (χ0) is 69.3. The maximum Gasteiger partial charge on any atom is 0.305 e. The molecule has 0 fully saturated rings. The van der Waals surface area contributed by atoms with E-state index >= 15 is 0 Å². The first-order valence-electron chi connectivity index (χ1n) is 44.9. The minimum absolute atomic E-state index is 0.0986. The fraction of sp³-hybridized carbons (Fsp3) is 0.967. The first-order valence-corrected chi connectivity index (χ1v) is 44.9. The van der Waals surface area contributed by atoms with Gasteiger partial charge in [-0.3, -0.25) is 14.4 Å². The van der Waals surface area contributed by atoms with Crippen molar-refractivity contribution in [3.05, 3.63) is 0 Å². The van der Waals surface area contributed by atoms with Crippen LogP contribution in [0.3, 0.4) is 0 Å². The van der Waals surface area contributed by atoms with Crippen LogP contribution in [-0.4, -0.2) is 37.7 Å². The first-order chi connectivity index (χ1) is 47.4. The fourth-order valence-corrected chi connectivity index (χ4v) is 14.6. The molecule has 0 saturated heterocycles. The topological polar surface area (TPSA) is 78.9 Å². The summed E-state index contributed by atoms with van der Waals surface area (Å²) in [6.45, 7) is 9.23. The molecule has 0 heterocycles. The van der Waals surface area contributed by atoms with Crippen LogP contribution in [0.5, 0.6) is 0 Å². The van der Waals surface area contributed by atoms with Crippen LogP contribution in [0.4, 0.5) is 0 Å². The van der Waals surface area contributed by atoms with Crippen molar-refractivity contribution in [2.45, 2.75) is 535 Å². The normalized spacial score (nSPS) is 11.8. The molecule has 0 bridgehead atoms. The second-order valence-corrected chi connectivity index (χ2v) is 31.5. The number of hydrogen-bond acceptors (Lipinski definition) is 6. The summed E-state index contributed by atoms with van der Waals surface area (Å²) in [5, 5.41) is 0. The van der Waals surface area contributed by atoms with Gasteiger partial charge in [0.25, 0.3) is 0 Å². The number of carbonyl (C=O) groups excluding carboxylic acids is 3. The van der Waals surface area contributed by atoms with Gasteiger partial charge in [0.05, 0.1) is 5.41 Å². The highest BCUT2D eigenvalue weighted by atomic mass is 16.6. The average Bonchev–Trinajstić information content (AvgIpc) is 1.24. The predicted octanol–water partition coefficient (Wildman–Crippen LogP) is 31.5. The van der Waals surface area contributed by atoms with Crippen molar-refractivity contribution in [3.63, 3.8) is 0 Å². The summed E-state index contributed by atoms with van der Waals surface area (Å²) in [4.78, 5) is 39.4. The minimum Gasteiger partial charge on any atom is -0.465 e. The Morgan fingerprint density at radius 2 is 0.271 bits per heavy atom. The summed E-state index contributed by atoms with van der Waals surface area (Å²) in [5.74, 6) is -0.610. The molecule has 0 aromatic carbocycles. The summed E-state index contributed by atoms with van der Waals surface area (Å²) in [6.07, 6.45) is 104. The first kappa shape index (κ1) is 94.4. The van der Waals surface area contributed by atoms with Crippen LogP contribution in [0.1, 0.15) is 535 Å². The van der Waals surface area contributed by atoms with Gasteiger partial charge in [-0.15, -0.1) is 0 Å². The van der Waals surface area contributed by atoms with E-state index in [0.717, 1.165) is 57.8 Å². The molecule has 0 spiro atoms. The number of rotatable bonds is 85. The molecule has 0 rings (SSSR count). The van der Waals surface area contributed by atoms with Crippen LogP contribution in [-0.2, 0) is 28.6 Å². The van der Waals surface area contributed by atoms with Gasteiger partial charge in [0, 0.05) is 19.3 Å². The van der Waals surface area contributed by atoms with Crippen LogP contribution in [0.15, 0.2) is 0 Å². The molecule has 0 aliphatic carbocycles. The predicted molar refractivity (Wildman–Crippen MR) is 423 cm³/mol. The molecule has 0 radical (unpaired) electrons. The quantitative estimate of drug-likeness (QED) is 0.0343. The molecule has 6 nitrogen and oxygen atoms in total. The van der Waals surface area contributed by atoms with E-state index in [4.69, 9.17) is 14.2 Å². The molecule has 0 N–H and O–H groups in total. The molecule has 96 heavy (non-hydrogen) atoms. The fourth-order valence-electron chi connectivity index (χ4n) is 14.6. The second kappa shape index (κ2) is 82.4. The van der Waals surface area contributed by atoms with E-state index in [2.05, 4.69) is 20.8 Å². The summed E-state index contributed by atoms with van der Waals surface area (Å²) in [6, 6.07) is 0. The van der Waals surface area contributed by atoms with Gasteiger partial charge in [0.1, 0.15) is 19.8 Å². The summed E-state index contributed by atoms with van der Waals surface area (Å²) in [7, 11) is 0. The summed E-state index contributed by atoms with van der Waals surface area (Å²) >= 11 is 0. The van der Waals surface area contributed by atoms with Crippen LogP contribution < -0.4 is 0 Å². The lowest BCUT2D eigenvalue weighted by atomic mass is 9.88. The van der Waals surface area contributed by atoms with Crippen molar-refractivity contribution in [2.75, 3.05) is 19.8 Å². The molecular formula is C90H176O6. The maximum atomic E-state index is 13.1. The Morgan fingerprint density at radius 3 is 0.375 bits per heavy atom. The number of carbonyl (C=O) groups is 3. The smallest absolute Gasteiger partial charge is 0.305 e. The van der Waals surface area contributed by atoms with Gasteiger partial charge in [-0.2, -0.15) is 0 Å². The Bertz CT molecular complexity index is 1320. The van der Waals surface area contributed by atoms with E-state index in [9.17, 15) is 14.4 Å². The largest absolute Gasteiger partial charge is 0.465 e. The Morgan fingerprint density at radius 1 is 0.167 bits per heavy atom. The molecule has 0 aliphatic rings. The van der Waals surface area contributed by atoms with E-state index in [0.29, 0.717) is 25.7 Å². The third kappa shape index (κ3) is 76.6. The SMILES string of the molecule is CCCCCCCCCCCCCCCCCCCCCCCCCCCC(=O)OCC(CC)(COC(=O)CCCCCCCCCCCCCCCCCCCCCCCCCCC)COC(=O)CCCCCCCCCCCCCCCCCCCCCCCCCCC. The van der Waals surface area contributed by atoms with Gasteiger partial charge in [-0.25, -0.2) is 0 Å². The van der Waals surface area contributed by atoms with Crippen molar-refractivity contribution in [1.82, 2.24) is 0 Å². The Kier molecular flexibility index (Phi) is 81.0. The van der Waals surface area contributed by atoms with E-state index in [1.165, 1.54) is 424 Å². The number of unbranched alkanes of at least 4 members (excludes halogenated alkanes) is 72. The van der Waals surface area contributed by atoms with Gasteiger partial charge in [0.2, 0.25) is 0 Å². The maximum absolute atomic E-state index is 13.1. The summed E-state index contributed by atoms with van der Waals surface area (Å²) < 4.78 is 17.8. The molecule has 572 valence electrons. The number of ether oxygens (including phenoxy) is 3. The molecule has 0 amide bonds. The van der Waals surface area contributed by atoms with Gasteiger partial charge >= 0.3 is 17.9 Å². The molecule has 0 unspecified atom stereocenters. The summed E-state index contributed by atoms with van der Waals surface area (Å²) in [5.41, 5.74) is -0.745. The average molecular weight is 1350 g/mol.